The van der Waals surface area contributed by atoms with Gasteiger partial charge in [0.2, 0.25) is 0 Å². The molecule has 0 unspecified atom stereocenters. The van der Waals surface area contributed by atoms with E-state index in [0.29, 0.717) is 24.6 Å². The molecule has 0 aliphatic carbocycles. The van der Waals surface area contributed by atoms with Crippen LogP contribution >= 0.6 is 0 Å². The maximum atomic E-state index is 11.0. The number of carboxylic acid groups (broad SMARTS) is 1. The first-order valence-corrected chi connectivity index (χ1v) is 6.15. The number of anilines is 2. The minimum atomic E-state index is -0.945. The first kappa shape index (κ1) is 13.5. The van der Waals surface area contributed by atoms with Crippen LogP contribution in [0.5, 0.6) is 0 Å². The molecule has 1 aliphatic heterocycles. The van der Waals surface area contributed by atoms with Crippen LogP contribution in [0.1, 0.15) is 6.42 Å². The van der Waals surface area contributed by atoms with Crippen molar-refractivity contribution in [1.29, 1.82) is 0 Å². The van der Waals surface area contributed by atoms with Gasteiger partial charge >= 0.3 is 5.97 Å². The van der Waals surface area contributed by atoms with E-state index in [1.165, 1.54) is 0 Å². The summed E-state index contributed by atoms with van der Waals surface area (Å²) in [6.07, 6.45) is 2.72. The zero-order valence-electron chi connectivity index (χ0n) is 11.0. The highest BCUT2D eigenvalue weighted by molar-refractivity contribution is 5.71. The molecule has 1 aromatic heterocycles. The summed E-state index contributed by atoms with van der Waals surface area (Å²) in [6, 6.07) is 0. The van der Waals surface area contributed by atoms with Gasteiger partial charge in [-0.15, -0.1) is 0 Å². The summed E-state index contributed by atoms with van der Waals surface area (Å²) in [5.74, 6) is -0.256. The third kappa shape index (κ3) is 2.76. The van der Waals surface area contributed by atoms with Crippen LogP contribution in [0, 0.1) is 5.92 Å². The molecule has 1 aromatic rings. The highest BCUT2D eigenvalue weighted by atomic mass is 16.4. The highest BCUT2D eigenvalue weighted by Gasteiger charge is 2.34. The zero-order valence-corrected chi connectivity index (χ0v) is 11.0. The molecule has 1 saturated heterocycles. The molecule has 104 valence electrons. The second-order valence-corrected chi connectivity index (χ2v) is 4.84. The molecule has 0 spiro atoms. The minimum Gasteiger partial charge on any atom is -0.481 e. The molecule has 2 heterocycles. The van der Waals surface area contributed by atoms with E-state index in [2.05, 4.69) is 9.97 Å². The standard InChI is InChI=1S/C12H18N4O3/c1-15(2)10-11(14-5-4-13-10)16-6-3-8(12(18)19)9(17)7-16/h4-5,8-9,17H,3,6-7H2,1-2H3,(H,18,19)/t8-,9+/m0/s1. The molecule has 1 aliphatic rings. The van der Waals surface area contributed by atoms with E-state index in [9.17, 15) is 9.90 Å². The predicted molar refractivity (Wildman–Crippen MR) is 70.3 cm³/mol. The second-order valence-electron chi connectivity index (χ2n) is 4.84. The molecule has 2 N–H and O–H groups in total. The van der Waals surface area contributed by atoms with Crippen LogP contribution in [0.2, 0.25) is 0 Å². The molecule has 0 saturated carbocycles. The Morgan fingerprint density at radius 3 is 2.68 bits per heavy atom. The van der Waals surface area contributed by atoms with Gasteiger partial charge in [-0.2, -0.15) is 0 Å². The van der Waals surface area contributed by atoms with Gasteiger partial charge in [0.25, 0.3) is 0 Å². The molecule has 0 bridgehead atoms. The van der Waals surface area contributed by atoms with Gasteiger partial charge in [-0.05, 0) is 6.42 Å². The molecular formula is C12H18N4O3. The summed E-state index contributed by atoms with van der Waals surface area (Å²) in [4.78, 5) is 23.2. The minimum absolute atomic E-state index is 0.260. The molecule has 7 heteroatoms. The Balaban J connectivity index is 2.19. The Bertz CT molecular complexity index is 466. The van der Waals surface area contributed by atoms with Crippen LogP contribution in [-0.2, 0) is 4.79 Å². The van der Waals surface area contributed by atoms with Gasteiger partial charge in [0.1, 0.15) is 0 Å². The average molecular weight is 266 g/mol. The van der Waals surface area contributed by atoms with Gasteiger partial charge in [0.05, 0.1) is 12.0 Å². The highest BCUT2D eigenvalue weighted by Crippen LogP contribution is 2.27. The van der Waals surface area contributed by atoms with Crippen LogP contribution in [0.15, 0.2) is 12.4 Å². The lowest BCUT2D eigenvalue weighted by atomic mass is 9.94. The number of piperidine rings is 1. The summed E-state index contributed by atoms with van der Waals surface area (Å²) in [6.45, 7) is 0.810. The third-order valence-electron chi connectivity index (χ3n) is 3.28. The van der Waals surface area contributed by atoms with E-state index in [4.69, 9.17) is 5.11 Å². The quantitative estimate of drug-likeness (QED) is 0.784. The number of hydrogen-bond acceptors (Lipinski definition) is 6. The molecule has 1 fully saturated rings. The monoisotopic (exact) mass is 266 g/mol. The van der Waals surface area contributed by atoms with E-state index in [-0.39, 0.29) is 6.54 Å². The number of aliphatic carboxylic acids is 1. The Labute approximate surface area is 111 Å². The first-order chi connectivity index (χ1) is 9.00. The first-order valence-electron chi connectivity index (χ1n) is 6.15. The molecule has 19 heavy (non-hydrogen) atoms. The summed E-state index contributed by atoms with van der Waals surface area (Å²) >= 11 is 0. The van der Waals surface area contributed by atoms with Crippen molar-refractivity contribution in [2.75, 3.05) is 37.0 Å². The van der Waals surface area contributed by atoms with E-state index >= 15 is 0 Å². The van der Waals surface area contributed by atoms with Crippen molar-refractivity contribution in [3.05, 3.63) is 12.4 Å². The van der Waals surface area contributed by atoms with Crippen LogP contribution in [0.25, 0.3) is 0 Å². The molecule has 0 aromatic carbocycles. The summed E-state index contributed by atoms with van der Waals surface area (Å²) in [5.41, 5.74) is 0. The molecule has 0 radical (unpaired) electrons. The van der Waals surface area contributed by atoms with Gasteiger partial charge in [-0.25, -0.2) is 9.97 Å². The maximum absolute atomic E-state index is 11.0. The van der Waals surface area contributed by atoms with E-state index in [1.54, 1.807) is 12.4 Å². The van der Waals surface area contributed by atoms with Gasteiger partial charge in [-0.1, -0.05) is 0 Å². The van der Waals surface area contributed by atoms with Crippen molar-refractivity contribution < 1.29 is 15.0 Å². The van der Waals surface area contributed by atoms with E-state index < -0.39 is 18.0 Å². The smallest absolute Gasteiger partial charge is 0.309 e. The van der Waals surface area contributed by atoms with Crippen LogP contribution in [-0.4, -0.2) is 59.4 Å². The SMILES string of the molecule is CN(C)c1nccnc1N1CC[C@H](C(=O)O)[C@H](O)C1. The van der Waals surface area contributed by atoms with Crippen LogP contribution in [0.4, 0.5) is 11.6 Å². The van der Waals surface area contributed by atoms with Crippen molar-refractivity contribution in [1.82, 2.24) is 9.97 Å². The average Bonchev–Trinajstić information content (AvgIpc) is 2.38. The fourth-order valence-electron chi connectivity index (χ4n) is 2.27. The largest absolute Gasteiger partial charge is 0.481 e. The van der Waals surface area contributed by atoms with Crippen LogP contribution in [0.3, 0.4) is 0 Å². The van der Waals surface area contributed by atoms with Crippen molar-refractivity contribution >= 4 is 17.6 Å². The van der Waals surface area contributed by atoms with Gasteiger partial charge in [-0.3, -0.25) is 4.79 Å². The number of aliphatic hydroxyl groups is 1. The normalized spacial score (nSPS) is 23.2. The maximum Gasteiger partial charge on any atom is 0.309 e. The number of β-amino-alcohol motifs (C(OH)–C–C–N with tert-alkyl or cyclic N) is 1. The number of aromatic nitrogens is 2. The predicted octanol–water partition coefficient (Wildman–Crippen LogP) is -0.186. The number of carbonyl (C=O) groups is 1. The number of hydrogen-bond donors (Lipinski definition) is 2. The topological polar surface area (TPSA) is 89.8 Å². The number of nitrogens with zero attached hydrogens (tertiary/aromatic N) is 4. The third-order valence-corrected chi connectivity index (χ3v) is 3.28. The number of rotatable bonds is 3. The van der Waals surface area contributed by atoms with Crippen molar-refractivity contribution in [3.63, 3.8) is 0 Å². The Morgan fingerprint density at radius 2 is 2.11 bits per heavy atom. The molecule has 2 atom stereocenters. The van der Waals surface area contributed by atoms with Crippen molar-refractivity contribution in [2.45, 2.75) is 12.5 Å². The van der Waals surface area contributed by atoms with Gasteiger partial charge in [0.15, 0.2) is 11.6 Å². The summed E-state index contributed by atoms with van der Waals surface area (Å²) in [5, 5.41) is 18.9. The molecular weight excluding hydrogens is 248 g/mol. The Hall–Kier alpha value is -1.89. The van der Waals surface area contributed by atoms with Crippen molar-refractivity contribution in [2.24, 2.45) is 5.92 Å². The zero-order chi connectivity index (χ0) is 14.0. The second kappa shape index (κ2) is 5.40. The number of aliphatic hydroxyl groups excluding tert-OH is 1. The van der Waals surface area contributed by atoms with Gasteiger partial charge < -0.3 is 20.0 Å². The lowest BCUT2D eigenvalue weighted by Crippen LogP contribution is -2.47. The molecule has 2 rings (SSSR count). The lowest BCUT2D eigenvalue weighted by Gasteiger charge is -2.35. The lowest BCUT2D eigenvalue weighted by molar-refractivity contribution is -0.146. The Kier molecular flexibility index (Phi) is 3.84. The molecule has 7 nitrogen and oxygen atoms in total. The van der Waals surface area contributed by atoms with Crippen LogP contribution < -0.4 is 9.80 Å². The van der Waals surface area contributed by atoms with E-state index in [0.717, 1.165) is 0 Å². The number of carboxylic acids is 1. The fraction of sp³-hybridized carbons (Fsp3) is 0.583. The fourth-order valence-corrected chi connectivity index (χ4v) is 2.27. The summed E-state index contributed by atoms with van der Waals surface area (Å²) in [7, 11) is 3.74. The summed E-state index contributed by atoms with van der Waals surface area (Å²) < 4.78 is 0. The Morgan fingerprint density at radius 1 is 1.42 bits per heavy atom. The van der Waals surface area contributed by atoms with Gasteiger partial charge in [0, 0.05) is 39.6 Å². The molecule has 0 amide bonds. The van der Waals surface area contributed by atoms with Crippen molar-refractivity contribution in [3.8, 4) is 0 Å². The van der Waals surface area contributed by atoms with E-state index in [1.807, 2.05) is 23.9 Å².